The zero-order valence-corrected chi connectivity index (χ0v) is 12.7. The number of amides is 1. The summed E-state index contributed by atoms with van der Waals surface area (Å²) in [5.41, 5.74) is 2.51. The molecule has 1 amide bonds. The van der Waals surface area contributed by atoms with Crippen molar-refractivity contribution in [2.45, 2.75) is 39.8 Å². The maximum absolute atomic E-state index is 12.1. The minimum absolute atomic E-state index is 0.102. The van der Waals surface area contributed by atoms with Crippen molar-refractivity contribution < 1.29 is 4.79 Å². The van der Waals surface area contributed by atoms with E-state index in [4.69, 9.17) is 0 Å². The summed E-state index contributed by atoms with van der Waals surface area (Å²) in [5, 5.41) is 3.40. The Balaban J connectivity index is 2.68. The molecule has 1 N–H and O–H groups in total. The lowest BCUT2D eigenvalue weighted by Gasteiger charge is -2.23. The van der Waals surface area contributed by atoms with Gasteiger partial charge in [-0.25, -0.2) is 0 Å². The maximum Gasteiger partial charge on any atom is 0.239 e. The van der Waals surface area contributed by atoms with Crippen LogP contribution in [0.25, 0.3) is 0 Å². The third-order valence-electron chi connectivity index (χ3n) is 3.25. The molecule has 0 heterocycles. The standard InChI is InChI=1S/C16H26N2O/c1-12(2)10-15(16(19)18(4)5)17-11-14-9-7-6-8-13(14)3/h6-9,12,15,17H,10-11H2,1-5H3. The molecule has 0 aliphatic rings. The molecule has 1 rings (SSSR count). The first kappa shape index (κ1) is 15.7. The van der Waals surface area contributed by atoms with Crippen LogP contribution in [0.4, 0.5) is 0 Å². The lowest BCUT2D eigenvalue weighted by molar-refractivity contribution is -0.131. The van der Waals surface area contributed by atoms with Gasteiger partial charge in [0.15, 0.2) is 0 Å². The Labute approximate surface area is 117 Å². The van der Waals surface area contributed by atoms with E-state index in [0.29, 0.717) is 5.92 Å². The molecule has 0 aliphatic carbocycles. The van der Waals surface area contributed by atoms with E-state index in [1.165, 1.54) is 11.1 Å². The van der Waals surface area contributed by atoms with Crippen LogP contribution < -0.4 is 5.32 Å². The Morgan fingerprint density at radius 3 is 2.42 bits per heavy atom. The molecule has 0 spiro atoms. The Bertz CT molecular complexity index is 413. The van der Waals surface area contributed by atoms with Gasteiger partial charge in [-0.05, 0) is 30.4 Å². The molecule has 19 heavy (non-hydrogen) atoms. The van der Waals surface area contributed by atoms with Gasteiger partial charge in [-0.1, -0.05) is 38.1 Å². The fourth-order valence-electron chi connectivity index (χ4n) is 2.10. The molecular weight excluding hydrogens is 236 g/mol. The summed E-state index contributed by atoms with van der Waals surface area (Å²) >= 11 is 0. The number of hydrogen-bond donors (Lipinski definition) is 1. The average molecular weight is 262 g/mol. The van der Waals surface area contributed by atoms with Gasteiger partial charge in [-0.3, -0.25) is 4.79 Å². The van der Waals surface area contributed by atoms with Crippen LogP contribution in [0.3, 0.4) is 0 Å². The molecule has 0 fully saturated rings. The monoisotopic (exact) mass is 262 g/mol. The van der Waals surface area contributed by atoms with Gasteiger partial charge >= 0.3 is 0 Å². The van der Waals surface area contributed by atoms with Gasteiger partial charge in [-0.2, -0.15) is 0 Å². The second-order valence-electron chi connectivity index (χ2n) is 5.72. The van der Waals surface area contributed by atoms with E-state index in [1.54, 1.807) is 4.90 Å². The van der Waals surface area contributed by atoms with E-state index in [0.717, 1.165) is 13.0 Å². The molecule has 0 saturated heterocycles. The number of rotatable bonds is 6. The molecule has 0 saturated carbocycles. The number of benzene rings is 1. The molecule has 1 aromatic rings. The molecule has 106 valence electrons. The van der Waals surface area contributed by atoms with Crippen LogP contribution >= 0.6 is 0 Å². The first-order valence-electron chi connectivity index (χ1n) is 6.91. The quantitative estimate of drug-likeness (QED) is 0.854. The number of likely N-dealkylation sites (N-methyl/N-ethyl adjacent to an activating group) is 1. The van der Waals surface area contributed by atoms with E-state index in [2.05, 4.69) is 38.2 Å². The molecule has 1 atom stereocenters. The largest absolute Gasteiger partial charge is 0.347 e. The van der Waals surface area contributed by atoms with Gasteiger partial charge in [0.05, 0.1) is 6.04 Å². The van der Waals surface area contributed by atoms with Crippen LogP contribution in [0.15, 0.2) is 24.3 Å². The normalized spacial score (nSPS) is 12.5. The highest BCUT2D eigenvalue weighted by molar-refractivity contribution is 5.81. The van der Waals surface area contributed by atoms with Gasteiger partial charge < -0.3 is 10.2 Å². The molecule has 0 aromatic heterocycles. The Hall–Kier alpha value is -1.35. The molecule has 1 aromatic carbocycles. The third-order valence-corrected chi connectivity index (χ3v) is 3.25. The molecule has 0 aliphatic heterocycles. The summed E-state index contributed by atoms with van der Waals surface area (Å²) in [6, 6.07) is 8.18. The summed E-state index contributed by atoms with van der Waals surface area (Å²) < 4.78 is 0. The summed E-state index contributed by atoms with van der Waals surface area (Å²) in [6.45, 7) is 7.13. The number of nitrogens with zero attached hydrogens (tertiary/aromatic N) is 1. The minimum Gasteiger partial charge on any atom is -0.347 e. The van der Waals surface area contributed by atoms with Gasteiger partial charge in [0, 0.05) is 20.6 Å². The number of carbonyl (C=O) groups excluding carboxylic acids is 1. The fraction of sp³-hybridized carbons (Fsp3) is 0.562. The molecule has 3 heteroatoms. The Morgan fingerprint density at radius 2 is 1.89 bits per heavy atom. The van der Waals surface area contributed by atoms with Crippen molar-refractivity contribution >= 4 is 5.91 Å². The molecular formula is C16H26N2O. The van der Waals surface area contributed by atoms with Crippen LogP contribution in [0.2, 0.25) is 0 Å². The second-order valence-corrected chi connectivity index (χ2v) is 5.72. The van der Waals surface area contributed by atoms with Crippen molar-refractivity contribution in [3.05, 3.63) is 35.4 Å². The number of carbonyl (C=O) groups is 1. The lowest BCUT2D eigenvalue weighted by Crippen LogP contribution is -2.44. The van der Waals surface area contributed by atoms with Crippen molar-refractivity contribution in [2.75, 3.05) is 14.1 Å². The SMILES string of the molecule is Cc1ccccc1CNC(CC(C)C)C(=O)N(C)C. The van der Waals surface area contributed by atoms with Crippen molar-refractivity contribution in [1.29, 1.82) is 0 Å². The van der Waals surface area contributed by atoms with Crippen LogP contribution in [-0.4, -0.2) is 30.9 Å². The number of nitrogens with one attached hydrogen (secondary N) is 1. The van der Waals surface area contributed by atoms with Crippen molar-refractivity contribution in [2.24, 2.45) is 5.92 Å². The van der Waals surface area contributed by atoms with Gasteiger partial charge in [0.1, 0.15) is 0 Å². The smallest absolute Gasteiger partial charge is 0.239 e. The van der Waals surface area contributed by atoms with Gasteiger partial charge in [0.2, 0.25) is 5.91 Å². The average Bonchev–Trinajstić information content (AvgIpc) is 2.34. The highest BCUT2D eigenvalue weighted by Crippen LogP contribution is 2.10. The fourth-order valence-corrected chi connectivity index (χ4v) is 2.10. The molecule has 1 unspecified atom stereocenters. The molecule has 3 nitrogen and oxygen atoms in total. The minimum atomic E-state index is -0.102. The number of aryl methyl sites for hydroxylation is 1. The zero-order chi connectivity index (χ0) is 14.4. The Morgan fingerprint density at radius 1 is 1.26 bits per heavy atom. The molecule has 0 radical (unpaired) electrons. The summed E-state index contributed by atoms with van der Waals surface area (Å²) in [7, 11) is 3.62. The van der Waals surface area contributed by atoms with Crippen LogP contribution in [0.5, 0.6) is 0 Å². The highest BCUT2D eigenvalue weighted by atomic mass is 16.2. The van der Waals surface area contributed by atoms with Crippen molar-refractivity contribution in [3.8, 4) is 0 Å². The van der Waals surface area contributed by atoms with Gasteiger partial charge in [-0.15, -0.1) is 0 Å². The predicted molar refractivity (Wildman–Crippen MR) is 80.0 cm³/mol. The van der Waals surface area contributed by atoms with Crippen LogP contribution in [0, 0.1) is 12.8 Å². The van der Waals surface area contributed by atoms with Crippen molar-refractivity contribution in [3.63, 3.8) is 0 Å². The maximum atomic E-state index is 12.1. The molecule has 0 bridgehead atoms. The van der Waals surface area contributed by atoms with E-state index in [9.17, 15) is 4.79 Å². The van der Waals surface area contributed by atoms with E-state index >= 15 is 0 Å². The topological polar surface area (TPSA) is 32.3 Å². The first-order valence-corrected chi connectivity index (χ1v) is 6.91. The summed E-state index contributed by atoms with van der Waals surface area (Å²) in [5.74, 6) is 0.653. The van der Waals surface area contributed by atoms with E-state index in [1.807, 2.05) is 26.2 Å². The number of hydrogen-bond acceptors (Lipinski definition) is 2. The van der Waals surface area contributed by atoms with E-state index < -0.39 is 0 Å². The summed E-state index contributed by atoms with van der Waals surface area (Å²) in [6.07, 6.45) is 0.864. The second kappa shape index (κ2) is 7.29. The summed E-state index contributed by atoms with van der Waals surface area (Å²) in [4.78, 5) is 13.8. The Kier molecular flexibility index (Phi) is 6.03. The highest BCUT2D eigenvalue weighted by Gasteiger charge is 2.20. The van der Waals surface area contributed by atoms with Gasteiger partial charge in [0.25, 0.3) is 0 Å². The zero-order valence-electron chi connectivity index (χ0n) is 12.7. The third kappa shape index (κ3) is 5.03. The lowest BCUT2D eigenvalue weighted by atomic mass is 10.0. The predicted octanol–water partition coefficient (Wildman–Crippen LogP) is 2.59. The van der Waals surface area contributed by atoms with E-state index in [-0.39, 0.29) is 11.9 Å². The first-order chi connectivity index (χ1) is 8.91. The van der Waals surface area contributed by atoms with Crippen LogP contribution in [-0.2, 0) is 11.3 Å². The van der Waals surface area contributed by atoms with Crippen LogP contribution in [0.1, 0.15) is 31.4 Å². The van der Waals surface area contributed by atoms with Crippen molar-refractivity contribution in [1.82, 2.24) is 10.2 Å².